The van der Waals surface area contributed by atoms with Crippen molar-refractivity contribution in [3.8, 4) is 0 Å². The molecule has 0 atom stereocenters. The Morgan fingerprint density at radius 3 is 3.05 bits per heavy atom. The lowest BCUT2D eigenvalue weighted by Gasteiger charge is -2.18. The number of benzene rings is 1. The van der Waals surface area contributed by atoms with Crippen LogP contribution in [0.3, 0.4) is 0 Å². The lowest BCUT2D eigenvalue weighted by atomic mass is 10.1. The molecule has 0 unspecified atom stereocenters. The number of aliphatic imine (C=N–C) groups is 1. The zero-order chi connectivity index (χ0) is 14.4. The van der Waals surface area contributed by atoms with Crippen molar-refractivity contribution in [2.45, 2.75) is 18.2 Å². The number of allylic oxidation sites excluding steroid dienone is 1. The highest BCUT2D eigenvalue weighted by molar-refractivity contribution is 8.17. The maximum Gasteiger partial charge on any atom is 0.168 e. The standard InChI is InChI=1S/C16H16N2S3/c1-3-12-14(18-8-7-17-16(18)21-12)10-4-5-13(19-2)15-11(10)6-9-20-15/h4-6,9H,3,7-8H2,1-2H3. The van der Waals surface area contributed by atoms with Gasteiger partial charge >= 0.3 is 0 Å². The van der Waals surface area contributed by atoms with Crippen molar-refractivity contribution >= 4 is 55.8 Å². The molecule has 2 aliphatic rings. The van der Waals surface area contributed by atoms with E-state index in [0.717, 1.165) is 19.5 Å². The van der Waals surface area contributed by atoms with Crippen LogP contribution in [-0.2, 0) is 0 Å². The number of thiophene rings is 1. The molecular formula is C16H16N2S3. The van der Waals surface area contributed by atoms with Gasteiger partial charge in [-0.1, -0.05) is 24.8 Å². The summed E-state index contributed by atoms with van der Waals surface area (Å²) in [7, 11) is 0. The summed E-state index contributed by atoms with van der Waals surface area (Å²) in [6, 6.07) is 6.84. The molecule has 0 saturated heterocycles. The van der Waals surface area contributed by atoms with Gasteiger partial charge in [0.1, 0.15) is 0 Å². The van der Waals surface area contributed by atoms with Crippen LogP contribution in [0.4, 0.5) is 0 Å². The van der Waals surface area contributed by atoms with Crippen LogP contribution >= 0.6 is 34.9 Å². The molecule has 0 aliphatic carbocycles. The molecule has 108 valence electrons. The zero-order valence-corrected chi connectivity index (χ0v) is 14.5. The van der Waals surface area contributed by atoms with Crippen LogP contribution in [0.1, 0.15) is 18.9 Å². The Bertz CT molecular complexity index is 773. The number of amidine groups is 1. The maximum atomic E-state index is 4.64. The molecule has 0 radical (unpaired) electrons. The van der Waals surface area contributed by atoms with Crippen LogP contribution in [0.15, 0.2) is 38.4 Å². The van der Waals surface area contributed by atoms with E-state index in [4.69, 9.17) is 0 Å². The van der Waals surface area contributed by atoms with Gasteiger partial charge in [-0.2, -0.15) is 0 Å². The van der Waals surface area contributed by atoms with E-state index in [-0.39, 0.29) is 0 Å². The third-order valence-electron chi connectivity index (χ3n) is 3.93. The second-order valence-corrected chi connectivity index (χ2v) is 7.85. The van der Waals surface area contributed by atoms with Crippen LogP contribution in [0, 0.1) is 0 Å². The summed E-state index contributed by atoms with van der Waals surface area (Å²) in [5.74, 6) is 0. The molecule has 21 heavy (non-hydrogen) atoms. The minimum absolute atomic E-state index is 0.929. The molecule has 2 aliphatic heterocycles. The molecule has 2 aromatic rings. The lowest BCUT2D eigenvalue weighted by Crippen LogP contribution is -2.20. The first kappa shape index (κ1) is 13.7. The van der Waals surface area contributed by atoms with Crippen molar-refractivity contribution in [1.82, 2.24) is 4.90 Å². The molecule has 0 bridgehead atoms. The Morgan fingerprint density at radius 1 is 1.33 bits per heavy atom. The van der Waals surface area contributed by atoms with E-state index < -0.39 is 0 Å². The van der Waals surface area contributed by atoms with Gasteiger partial charge in [-0.3, -0.25) is 4.99 Å². The summed E-state index contributed by atoms with van der Waals surface area (Å²) in [5.41, 5.74) is 2.77. The van der Waals surface area contributed by atoms with Crippen molar-refractivity contribution in [3.63, 3.8) is 0 Å². The SMILES string of the molecule is CCC1=C(c2ccc(SC)c3sccc23)N2CCN=C2S1. The minimum Gasteiger partial charge on any atom is -0.318 e. The fourth-order valence-corrected chi connectivity index (χ4v) is 5.82. The summed E-state index contributed by atoms with van der Waals surface area (Å²) in [5, 5.41) is 4.79. The van der Waals surface area contributed by atoms with E-state index in [1.165, 1.54) is 36.3 Å². The Balaban J connectivity index is 1.93. The summed E-state index contributed by atoms with van der Waals surface area (Å²) in [6.45, 7) is 4.20. The van der Waals surface area contributed by atoms with E-state index in [2.05, 4.69) is 46.7 Å². The van der Waals surface area contributed by atoms with Gasteiger partial charge in [0.05, 0.1) is 12.2 Å². The highest BCUT2D eigenvalue weighted by Gasteiger charge is 2.32. The summed E-state index contributed by atoms with van der Waals surface area (Å²) < 4.78 is 1.41. The summed E-state index contributed by atoms with van der Waals surface area (Å²) in [6.07, 6.45) is 3.23. The van der Waals surface area contributed by atoms with Gasteiger partial charge < -0.3 is 4.90 Å². The molecular weight excluding hydrogens is 316 g/mol. The first-order valence-corrected chi connectivity index (χ1v) is 10.0. The van der Waals surface area contributed by atoms with Crippen LogP contribution < -0.4 is 0 Å². The van der Waals surface area contributed by atoms with Gasteiger partial charge in [0, 0.05) is 32.0 Å². The van der Waals surface area contributed by atoms with Gasteiger partial charge in [-0.15, -0.1) is 23.1 Å². The fourth-order valence-electron chi connectivity index (χ4n) is 2.97. The largest absolute Gasteiger partial charge is 0.318 e. The number of thioether (sulfide) groups is 2. The fraction of sp³-hybridized carbons (Fsp3) is 0.312. The second kappa shape index (κ2) is 5.38. The first-order chi connectivity index (χ1) is 10.3. The molecule has 5 heteroatoms. The van der Waals surface area contributed by atoms with E-state index in [0.29, 0.717) is 0 Å². The van der Waals surface area contributed by atoms with E-state index in [1.54, 1.807) is 0 Å². The summed E-state index contributed by atoms with van der Waals surface area (Å²) >= 11 is 5.54. The molecule has 0 N–H and O–H groups in total. The van der Waals surface area contributed by atoms with Crippen LogP contribution in [0.5, 0.6) is 0 Å². The van der Waals surface area contributed by atoms with E-state index in [1.807, 2.05) is 34.9 Å². The zero-order valence-electron chi connectivity index (χ0n) is 12.0. The van der Waals surface area contributed by atoms with Gasteiger partial charge in [0.25, 0.3) is 0 Å². The predicted molar refractivity (Wildman–Crippen MR) is 97.4 cm³/mol. The first-order valence-electron chi connectivity index (χ1n) is 7.11. The van der Waals surface area contributed by atoms with Crippen LogP contribution in [0.2, 0.25) is 0 Å². The van der Waals surface area contributed by atoms with E-state index in [9.17, 15) is 0 Å². The molecule has 1 aromatic heterocycles. The third-order valence-corrected chi connectivity index (χ3v) is 7.04. The molecule has 1 aromatic carbocycles. The van der Waals surface area contributed by atoms with Crippen molar-refractivity contribution < 1.29 is 0 Å². The average molecular weight is 333 g/mol. The van der Waals surface area contributed by atoms with Gasteiger partial charge in [0.2, 0.25) is 0 Å². The van der Waals surface area contributed by atoms with Crippen LogP contribution in [0.25, 0.3) is 15.8 Å². The van der Waals surface area contributed by atoms with Crippen LogP contribution in [-0.4, -0.2) is 29.4 Å². The van der Waals surface area contributed by atoms with Crippen molar-refractivity contribution in [2.24, 2.45) is 4.99 Å². The van der Waals surface area contributed by atoms with Crippen molar-refractivity contribution in [2.75, 3.05) is 19.3 Å². The number of hydrogen-bond acceptors (Lipinski definition) is 5. The average Bonchev–Trinajstić information content (AvgIpc) is 3.20. The highest BCUT2D eigenvalue weighted by Crippen LogP contribution is 2.46. The van der Waals surface area contributed by atoms with Gasteiger partial charge in [0.15, 0.2) is 5.17 Å². The molecule has 0 fully saturated rings. The molecule has 3 heterocycles. The lowest BCUT2D eigenvalue weighted by molar-refractivity contribution is 0.647. The number of rotatable bonds is 3. The number of fused-ring (bicyclic) bond motifs is 2. The minimum atomic E-state index is 0.929. The molecule has 0 saturated carbocycles. The maximum absolute atomic E-state index is 4.64. The smallest absolute Gasteiger partial charge is 0.168 e. The van der Waals surface area contributed by atoms with Gasteiger partial charge in [-0.25, -0.2) is 0 Å². The monoisotopic (exact) mass is 332 g/mol. The Labute approximate surface area is 137 Å². The quantitative estimate of drug-likeness (QED) is 0.726. The van der Waals surface area contributed by atoms with Gasteiger partial charge in [-0.05, 0) is 30.2 Å². The normalized spacial score (nSPS) is 17.8. The van der Waals surface area contributed by atoms with Crippen molar-refractivity contribution in [3.05, 3.63) is 34.0 Å². The van der Waals surface area contributed by atoms with E-state index >= 15 is 0 Å². The molecule has 0 amide bonds. The highest BCUT2D eigenvalue weighted by atomic mass is 32.2. The molecule has 2 nitrogen and oxygen atoms in total. The Morgan fingerprint density at radius 2 is 2.24 bits per heavy atom. The second-order valence-electron chi connectivity index (χ2n) is 5.02. The predicted octanol–water partition coefficient (Wildman–Crippen LogP) is 5.12. The molecule has 4 rings (SSSR count). The summed E-state index contributed by atoms with van der Waals surface area (Å²) in [4.78, 5) is 9.88. The molecule has 0 spiro atoms. The third kappa shape index (κ3) is 2.05. The number of hydrogen-bond donors (Lipinski definition) is 0. The Hall–Kier alpha value is -0.910. The topological polar surface area (TPSA) is 15.6 Å². The number of nitrogens with zero attached hydrogens (tertiary/aromatic N) is 2. The van der Waals surface area contributed by atoms with Crippen molar-refractivity contribution in [1.29, 1.82) is 0 Å². The Kier molecular flexibility index (Phi) is 3.52.